The minimum atomic E-state index is -0.510. The molecule has 0 heterocycles. The molecule has 2 spiro atoms. The molecule has 12 rings (SSSR count). The lowest BCUT2D eigenvalue weighted by Crippen LogP contribution is -2.44. The first kappa shape index (κ1) is 43.6. The van der Waals surface area contributed by atoms with E-state index in [9.17, 15) is 0 Å². The molecule has 66 heavy (non-hydrogen) atoms. The van der Waals surface area contributed by atoms with E-state index in [1.54, 1.807) is 0 Å². The smallest absolute Gasteiger partial charge is 0.0725 e. The minimum Gasteiger partial charge on any atom is -0.323 e. The third-order valence-electron chi connectivity index (χ3n) is 13.6. The maximum absolute atomic E-state index is 3.76. The summed E-state index contributed by atoms with van der Waals surface area (Å²) in [4.78, 5) is 3.76. The van der Waals surface area contributed by atoms with Gasteiger partial charge in [0.2, 0.25) is 0 Å². The van der Waals surface area contributed by atoms with E-state index in [-0.39, 0.29) is 0 Å². The zero-order valence-corrected chi connectivity index (χ0v) is 38.2. The van der Waals surface area contributed by atoms with Crippen LogP contribution in [0.15, 0.2) is 243 Å². The Morgan fingerprint density at radius 2 is 0.742 bits per heavy atom. The van der Waals surface area contributed by atoms with Crippen molar-refractivity contribution in [3.8, 4) is 33.4 Å². The number of nitrogens with zero attached hydrogens (tertiary/aromatic N) is 1. The predicted molar refractivity (Wildman–Crippen MR) is 280 cm³/mol. The molecular formula is C64H56N2. The molecule has 0 radical (unpaired) electrons. The van der Waals surface area contributed by atoms with Crippen molar-refractivity contribution in [3.05, 3.63) is 299 Å². The second-order valence-electron chi connectivity index (χ2n) is 17.1. The van der Waals surface area contributed by atoms with Crippen LogP contribution in [-0.2, 0) is 17.4 Å². The molecule has 0 aromatic heterocycles. The van der Waals surface area contributed by atoms with Gasteiger partial charge < -0.3 is 5.32 Å². The van der Waals surface area contributed by atoms with Crippen molar-refractivity contribution in [2.24, 2.45) is 4.99 Å². The fourth-order valence-electron chi connectivity index (χ4n) is 11.1. The van der Waals surface area contributed by atoms with Crippen LogP contribution in [-0.4, -0.2) is 20.8 Å². The van der Waals surface area contributed by atoms with Crippen molar-refractivity contribution in [2.45, 2.75) is 30.2 Å². The van der Waals surface area contributed by atoms with Gasteiger partial charge in [-0.3, -0.25) is 4.99 Å². The van der Waals surface area contributed by atoms with Gasteiger partial charge in [-0.1, -0.05) is 231 Å². The van der Waals surface area contributed by atoms with Crippen molar-refractivity contribution in [1.29, 1.82) is 0 Å². The van der Waals surface area contributed by atoms with E-state index in [4.69, 9.17) is 0 Å². The van der Waals surface area contributed by atoms with Gasteiger partial charge in [0, 0.05) is 5.92 Å². The van der Waals surface area contributed by atoms with Gasteiger partial charge in [-0.2, -0.15) is 0 Å². The SMILES string of the molecule is C=C.C=NCc1ccccc1.CC(c1ccccc1)c1ccc(-c2cccc3c2C2(c4ccccc4-c4ccccc42)c2ccccc2C32c3ccccc3-c3ccccc32)cc1.CNC. The first-order chi connectivity index (χ1) is 32.6. The molecule has 0 saturated heterocycles. The monoisotopic (exact) mass is 852 g/mol. The van der Waals surface area contributed by atoms with Gasteiger partial charge in [-0.05, 0) is 115 Å². The van der Waals surface area contributed by atoms with Crippen LogP contribution in [0.3, 0.4) is 0 Å². The van der Waals surface area contributed by atoms with Crippen LogP contribution in [0, 0.1) is 0 Å². The number of hydrogen-bond donors (Lipinski definition) is 1. The first-order valence-electron chi connectivity index (χ1n) is 22.9. The molecule has 9 aromatic rings. The Bertz CT molecular complexity index is 3040. The number of rotatable bonds is 5. The summed E-state index contributed by atoms with van der Waals surface area (Å²) >= 11 is 0. The highest BCUT2D eigenvalue weighted by Gasteiger charge is 2.59. The number of hydrogen-bond acceptors (Lipinski definition) is 2. The summed E-state index contributed by atoms with van der Waals surface area (Å²) in [6.45, 7) is 12.4. The third-order valence-corrected chi connectivity index (χ3v) is 13.6. The third kappa shape index (κ3) is 6.88. The van der Waals surface area contributed by atoms with Crippen LogP contribution in [0.25, 0.3) is 33.4 Å². The Hall–Kier alpha value is -7.65. The number of benzene rings is 9. The topological polar surface area (TPSA) is 24.4 Å². The number of aliphatic imine (C=N–C) groups is 1. The molecule has 0 amide bonds. The largest absolute Gasteiger partial charge is 0.323 e. The van der Waals surface area contributed by atoms with E-state index in [1.807, 2.05) is 44.4 Å². The normalized spacial score (nSPS) is 13.6. The van der Waals surface area contributed by atoms with E-state index in [0.29, 0.717) is 5.92 Å². The highest BCUT2D eigenvalue weighted by molar-refractivity contribution is 5.96. The van der Waals surface area contributed by atoms with E-state index in [2.05, 4.69) is 231 Å². The summed E-state index contributed by atoms with van der Waals surface area (Å²) in [5.74, 6) is 0.307. The van der Waals surface area contributed by atoms with Crippen molar-refractivity contribution >= 4 is 6.72 Å². The van der Waals surface area contributed by atoms with Crippen molar-refractivity contribution in [3.63, 3.8) is 0 Å². The van der Waals surface area contributed by atoms with Crippen LogP contribution >= 0.6 is 0 Å². The maximum Gasteiger partial charge on any atom is 0.0725 e. The highest BCUT2D eigenvalue weighted by Crippen LogP contribution is 2.68. The summed E-state index contributed by atoms with van der Waals surface area (Å²) in [6, 6.07) is 83.5. The van der Waals surface area contributed by atoms with E-state index in [0.717, 1.165) is 6.54 Å². The summed E-state index contributed by atoms with van der Waals surface area (Å²) < 4.78 is 0. The molecule has 2 heteroatoms. The number of nitrogens with one attached hydrogen (secondary N) is 1. The maximum atomic E-state index is 3.76. The van der Waals surface area contributed by atoms with Crippen LogP contribution in [0.2, 0.25) is 0 Å². The van der Waals surface area contributed by atoms with Gasteiger partial charge >= 0.3 is 0 Å². The summed E-state index contributed by atoms with van der Waals surface area (Å²) in [7, 11) is 3.75. The molecule has 0 bridgehead atoms. The van der Waals surface area contributed by atoms with Crippen molar-refractivity contribution in [1.82, 2.24) is 5.32 Å². The molecule has 3 aliphatic carbocycles. The van der Waals surface area contributed by atoms with E-state index >= 15 is 0 Å². The van der Waals surface area contributed by atoms with Gasteiger partial charge in [0.1, 0.15) is 0 Å². The zero-order valence-electron chi connectivity index (χ0n) is 38.2. The van der Waals surface area contributed by atoms with Crippen molar-refractivity contribution in [2.75, 3.05) is 14.1 Å². The molecule has 0 saturated carbocycles. The van der Waals surface area contributed by atoms with Gasteiger partial charge in [-0.25, -0.2) is 0 Å². The first-order valence-corrected chi connectivity index (χ1v) is 22.9. The molecule has 1 atom stereocenters. The molecule has 1 unspecified atom stereocenters. The lowest BCUT2D eigenvalue weighted by molar-refractivity contribution is 0.634. The Morgan fingerprint density at radius 3 is 1.21 bits per heavy atom. The van der Waals surface area contributed by atoms with Gasteiger partial charge in [0.25, 0.3) is 0 Å². The Labute approximate surface area is 391 Å². The average molecular weight is 853 g/mol. The van der Waals surface area contributed by atoms with Gasteiger partial charge in [0.15, 0.2) is 0 Å². The Morgan fingerprint density at radius 1 is 0.394 bits per heavy atom. The van der Waals surface area contributed by atoms with E-state index in [1.165, 1.54) is 94.6 Å². The zero-order chi connectivity index (χ0) is 45.7. The van der Waals surface area contributed by atoms with Gasteiger partial charge in [0.05, 0.1) is 17.4 Å². The highest BCUT2D eigenvalue weighted by atomic mass is 14.7. The fourth-order valence-corrected chi connectivity index (χ4v) is 11.1. The molecule has 1 N–H and O–H groups in total. The summed E-state index contributed by atoms with van der Waals surface area (Å²) in [5, 5.41) is 2.75. The van der Waals surface area contributed by atoms with Crippen LogP contribution in [0.4, 0.5) is 0 Å². The molecular weight excluding hydrogens is 797 g/mol. The van der Waals surface area contributed by atoms with E-state index < -0.39 is 10.8 Å². The number of fused-ring (bicyclic) bond motifs is 16. The molecule has 0 fully saturated rings. The lowest BCUT2D eigenvalue weighted by atomic mass is 9.51. The summed E-state index contributed by atoms with van der Waals surface area (Å²) in [6.07, 6.45) is 0. The van der Waals surface area contributed by atoms with Crippen LogP contribution in [0.1, 0.15) is 74.0 Å². The molecule has 0 aliphatic heterocycles. The fraction of sp³-hybridized carbons (Fsp3) is 0.109. The second kappa shape index (κ2) is 18.8. The van der Waals surface area contributed by atoms with Gasteiger partial charge in [-0.15, -0.1) is 13.2 Å². The van der Waals surface area contributed by atoms with Crippen LogP contribution < -0.4 is 5.32 Å². The molecule has 3 aliphatic rings. The molecule has 2 nitrogen and oxygen atoms in total. The minimum absolute atomic E-state index is 0.307. The lowest BCUT2D eigenvalue weighted by Gasteiger charge is -2.49. The molecule has 9 aromatic carbocycles. The molecule has 322 valence electrons. The Kier molecular flexibility index (Phi) is 12.4. The average Bonchev–Trinajstić information content (AvgIpc) is 3.85. The van der Waals surface area contributed by atoms with Crippen molar-refractivity contribution < 1.29 is 0 Å². The summed E-state index contributed by atoms with van der Waals surface area (Å²) in [5.41, 5.74) is 21.7. The Balaban J connectivity index is 0.000000343. The van der Waals surface area contributed by atoms with Crippen LogP contribution in [0.5, 0.6) is 0 Å². The second-order valence-corrected chi connectivity index (χ2v) is 17.1. The standard InChI is InChI=1S/C52H36.C8H9N.C2H7N.C2H4/c1-34(35-16-3-2-4-17-35)36-30-32-37(33-31-36)38-22-15-29-49-50(38)52(45-25-11-7-20-41(45)42-21-8-12-26-46(42)52)48-28-14-13-27-47(48)51(49)43-23-9-5-18-39(43)40-19-6-10-24-44(40)51;1-9-7-8-5-3-2-4-6-8;1-3-2;1-2/h2-34H,1H3;2-6H,1,7H2;3H,1-2H3;1-2H2. The predicted octanol–water partition coefficient (Wildman–Crippen LogP) is 15.1. The quantitative estimate of drug-likeness (QED) is 0.135.